The van der Waals surface area contributed by atoms with Crippen LogP contribution in [0.5, 0.6) is 0 Å². The number of allylic oxidation sites excluding steroid dienone is 2. The Morgan fingerprint density at radius 1 is 0.679 bits per heavy atom. The highest BCUT2D eigenvalue weighted by molar-refractivity contribution is 7.47. The number of rotatable bonds is 38. The summed E-state index contributed by atoms with van der Waals surface area (Å²) in [7, 11) is 1.47. The molecule has 1 amide bonds. The van der Waals surface area contributed by atoms with Gasteiger partial charge in [0.1, 0.15) is 13.2 Å². The third-order valence-electron chi connectivity index (χ3n) is 9.62. The predicted octanol–water partition coefficient (Wildman–Crippen LogP) is 9.30. The minimum atomic E-state index is -4.37. The molecule has 314 valence electrons. The molecule has 0 saturated carbocycles. The lowest BCUT2D eigenvalue weighted by Crippen LogP contribution is -2.45. The number of quaternary nitrogens is 1. The first kappa shape index (κ1) is 51.9. The third kappa shape index (κ3) is 35.1. The first-order valence-electron chi connectivity index (χ1n) is 21.4. The largest absolute Gasteiger partial charge is 0.472 e. The van der Waals surface area contributed by atoms with Crippen LogP contribution in [0.1, 0.15) is 174 Å². The summed E-state index contributed by atoms with van der Waals surface area (Å²) in [4.78, 5) is 23.1. The number of nitrogens with one attached hydrogen (secondary N) is 1. The summed E-state index contributed by atoms with van der Waals surface area (Å²) in [6.45, 7) is 4.60. The number of carbonyl (C=O) groups excluding carboxylic acids is 1. The van der Waals surface area contributed by atoms with E-state index in [2.05, 4.69) is 25.2 Å². The van der Waals surface area contributed by atoms with Crippen LogP contribution in [0.3, 0.4) is 0 Å². The van der Waals surface area contributed by atoms with E-state index in [1.165, 1.54) is 77.0 Å². The van der Waals surface area contributed by atoms with Crippen LogP contribution in [-0.4, -0.2) is 95.9 Å². The standard InChI is InChI=1S/C42H83N2O8P/c1-6-8-10-12-14-15-16-17-18-19-20-21-24-27-31-39(45)38(37-52-53(49,50)51-36-35-44(3,4)5)43-42(48)34-30-26-22-25-29-33-41(47)40(46)32-28-23-13-11-9-7-2/h23,27-28,31,38-41,45-47H,6-22,24-26,29-30,32-37H2,1-5H3,(H-,43,48,49,50)/p+1/b28-23-,31-27+/t38-,39+,40-,41-/m0/s1. The van der Waals surface area contributed by atoms with Gasteiger partial charge in [-0.3, -0.25) is 13.8 Å². The van der Waals surface area contributed by atoms with Gasteiger partial charge < -0.3 is 30.0 Å². The van der Waals surface area contributed by atoms with E-state index in [0.717, 1.165) is 57.8 Å². The number of amides is 1. The van der Waals surface area contributed by atoms with Crippen LogP contribution in [0.25, 0.3) is 0 Å². The average molecular weight is 776 g/mol. The second kappa shape index (κ2) is 34.2. The zero-order chi connectivity index (χ0) is 39.6. The van der Waals surface area contributed by atoms with Crippen molar-refractivity contribution in [2.75, 3.05) is 40.9 Å². The maximum absolute atomic E-state index is 12.8. The van der Waals surface area contributed by atoms with Crippen molar-refractivity contribution in [1.82, 2.24) is 5.32 Å². The molecule has 0 aliphatic carbocycles. The van der Waals surface area contributed by atoms with Crippen molar-refractivity contribution in [3.05, 3.63) is 24.3 Å². The maximum atomic E-state index is 12.8. The number of phosphoric ester groups is 1. The number of nitrogens with zero attached hydrogens (tertiary/aromatic N) is 1. The molecule has 0 bridgehead atoms. The van der Waals surface area contributed by atoms with E-state index >= 15 is 0 Å². The van der Waals surface area contributed by atoms with Crippen LogP contribution in [0.2, 0.25) is 0 Å². The summed E-state index contributed by atoms with van der Waals surface area (Å²) in [5.74, 6) is -0.257. The highest BCUT2D eigenvalue weighted by Gasteiger charge is 2.27. The van der Waals surface area contributed by atoms with Gasteiger partial charge in [-0.1, -0.05) is 147 Å². The number of hydrogen-bond donors (Lipinski definition) is 5. The van der Waals surface area contributed by atoms with E-state index < -0.39 is 32.2 Å². The number of phosphoric acid groups is 1. The topological polar surface area (TPSA) is 146 Å². The van der Waals surface area contributed by atoms with Gasteiger partial charge in [0.25, 0.3) is 0 Å². The SMILES string of the molecule is CCCCC/C=C\C[C@H](O)[C@@H](O)CCCCCCCC(=O)N[C@@H](COP(=O)(O)OCC[N+](C)(C)C)[C@H](O)/C=C/CCCCCCCCCCCCCC. The normalized spacial score (nSPS) is 15.9. The van der Waals surface area contributed by atoms with Gasteiger partial charge in [0.05, 0.1) is 52.1 Å². The number of likely N-dealkylation sites (N-methyl/N-ethyl adjacent to an activating group) is 1. The predicted molar refractivity (Wildman–Crippen MR) is 220 cm³/mol. The molecule has 0 aromatic carbocycles. The fraction of sp³-hybridized carbons (Fsp3) is 0.881. The summed E-state index contributed by atoms with van der Waals surface area (Å²) < 4.78 is 23.5. The Kier molecular flexibility index (Phi) is 33.5. The van der Waals surface area contributed by atoms with Crippen molar-refractivity contribution in [2.24, 2.45) is 0 Å². The molecule has 0 aromatic rings. The van der Waals surface area contributed by atoms with Crippen LogP contribution in [0.15, 0.2) is 24.3 Å². The van der Waals surface area contributed by atoms with E-state index in [1.54, 1.807) is 6.08 Å². The molecule has 0 saturated heterocycles. The Bertz CT molecular complexity index is 958. The fourth-order valence-corrected chi connectivity index (χ4v) is 6.74. The quantitative estimate of drug-likeness (QED) is 0.0181. The van der Waals surface area contributed by atoms with Gasteiger partial charge >= 0.3 is 7.82 Å². The minimum Gasteiger partial charge on any atom is -0.390 e. The first-order chi connectivity index (χ1) is 25.3. The number of aliphatic hydroxyl groups is 3. The molecule has 0 heterocycles. The van der Waals surface area contributed by atoms with Gasteiger partial charge in [-0.15, -0.1) is 0 Å². The van der Waals surface area contributed by atoms with Gasteiger partial charge in [-0.2, -0.15) is 0 Å². The Balaban J connectivity index is 4.60. The van der Waals surface area contributed by atoms with E-state index in [-0.39, 0.29) is 25.5 Å². The molecule has 5 N–H and O–H groups in total. The fourth-order valence-electron chi connectivity index (χ4n) is 6.00. The van der Waals surface area contributed by atoms with Crippen molar-refractivity contribution in [1.29, 1.82) is 0 Å². The Labute approximate surface area is 325 Å². The smallest absolute Gasteiger partial charge is 0.390 e. The number of hydrogen-bond acceptors (Lipinski definition) is 7. The third-order valence-corrected chi connectivity index (χ3v) is 10.6. The van der Waals surface area contributed by atoms with E-state index in [4.69, 9.17) is 9.05 Å². The molecule has 0 aromatic heterocycles. The monoisotopic (exact) mass is 776 g/mol. The highest BCUT2D eigenvalue weighted by atomic mass is 31.2. The highest BCUT2D eigenvalue weighted by Crippen LogP contribution is 2.43. The molecule has 0 rings (SSSR count). The molecule has 0 aliphatic heterocycles. The molecule has 10 nitrogen and oxygen atoms in total. The molecule has 0 aliphatic rings. The van der Waals surface area contributed by atoms with Crippen molar-refractivity contribution in [3.8, 4) is 0 Å². The lowest BCUT2D eigenvalue weighted by molar-refractivity contribution is -0.870. The van der Waals surface area contributed by atoms with Crippen LogP contribution in [0.4, 0.5) is 0 Å². The number of aliphatic hydroxyl groups excluding tert-OH is 3. The van der Waals surface area contributed by atoms with Crippen LogP contribution >= 0.6 is 7.82 Å². The first-order valence-corrected chi connectivity index (χ1v) is 22.9. The molecule has 53 heavy (non-hydrogen) atoms. The molecule has 11 heteroatoms. The molecular formula is C42H84N2O8P+. The molecule has 0 fully saturated rings. The molecular weight excluding hydrogens is 691 g/mol. The molecule has 0 radical (unpaired) electrons. The van der Waals surface area contributed by atoms with E-state index in [0.29, 0.717) is 30.3 Å². The summed E-state index contributed by atoms with van der Waals surface area (Å²) in [6, 6.07) is -0.901. The Hall–Kier alpha value is -1.10. The zero-order valence-corrected chi connectivity index (χ0v) is 35.6. The van der Waals surface area contributed by atoms with Crippen LogP contribution < -0.4 is 5.32 Å². The summed E-state index contributed by atoms with van der Waals surface area (Å²) in [6.07, 6.45) is 31.1. The van der Waals surface area contributed by atoms with Crippen molar-refractivity contribution >= 4 is 13.7 Å². The maximum Gasteiger partial charge on any atom is 0.472 e. The van der Waals surface area contributed by atoms with Gasteiger partial charge in [0.2, 0.25) is 5.91 Å². The molecule has 1 unspecified atom stereocenters. The van der Waals surface area contributed by atoms with Gasteiger partial charge in [0.15, 0.2) is 0 Å². The van der Waals surface area contributed by atoms with Gasteiger partial charge in [0, 0.05) is 6.42 Å². The van der Waals surface area contributed by atoms with Gasteiger partial charge in [-0.25, -0.2) is 4.57 Å². The summed E-state index contributed by atoms with van der Waals surface area (Å²) in [5.41, 5.74) is 0. The molecule has 0 spiro atoms. The average Bonchev–Trinajstić information content (AvgIpc) is 3.10. The lowest BCUT2D eigenvalue weighted by Gasteiger charge is -2.25. The number of carbonyl (C=O) groups is 1. The molecule has 5 atom stereocenters. The van der Waals surface area contributed by atoms with E-state index in [1.807, 2.05) is 33.3 Å². The second-order valence-electron chi connectivity index (χ2n) is 16.0. The van der Waals surface area contributed by atoms with Crippen molar-refractivity contribution in [3.63, 3.8) is 0 Å². The lowest BCUT2D eigenvalue weighted by atomic mass is 10.0. The van der Waals surface area contributed by atoms with Crippen LogP contribution in [-0.2, 0) is 18.4 Å². The Morgan fingerprint density at radius 3 is 1.79 bits per heavy atom. The minimum absolute atomic E-state index is 0.0336. The van der Waals surface area contributed by atoms with Crippen molar-refractivity contribution in [2.45, 2.75) is 199 Å². The zero-order valence-electron chi connectivity index (χ0n) is 34.7. The summed E-state index contributed by atoms with van der Waals surface area (Å²) in [5, 5.41) is 34.2. The second-order valence-corrected chi connectivity index (χ2v) is 17.5. The van der Waals surface area contributed by atoms with E-state index in [9.17, 15) is 29.6 Å². The van der Waals surface area contributed by atoms with Crippen LogP contribution in [0, 0.1) is 0 Å². The Morgan fingerprint density at radius 2 is 1.19 bits per heavy atom. The van der Waals surface area contributed by atoms with Gasteiger partial charge in [-0.05, 0) is 44.9 Å². The van der Waals surface area contributed by atoms with Crippen molar-refractivity contribution < 1.29 is 43.1 Å². The number of unbranched alkanes of at least 4 members (excludes halogenated alkanes) is 19. The summed E-state index contributed by atoms with van der Waals surface area (Å²) >= 11 is 0.